The van der Waals surface area contributed by atoms with E-state index < -0.39 is 0 Å². The van der Waals surface area contributed by atoms with Crippen LogP contribution in [-0.2, 0) is 5.41 Å². The summed E-state index contributed by atoms with van der Waals surface area (Å²) in [6.07, 6.45) is 4.23. The maximum absolute atomic E-state index is 11.0. The molecule has 0 unspecified atom stereocenters. The fraction of sp³-hybridized carbons (Fsp3) is 0.263. The molecule has 24 heavy (non-hydrogen) atoms. The lowest BCUT2D eigenvalue weighted by Gasteiger charge is -2.45. The lowest BCUT2D eigenvalue weighted by molar-refractivity contribution is -0.384. The maximum Gasteiger partial charge on any atom is 0.270 e. The van der Waals surface area contributed by atoms with E-state index in [9.17, 15) is 10.1 Å². The van der Waals surface area contributed by atoms with Gasteiger partial charge in [0.05, 0.1) is 4.92 Å². The van der Waals surface area contributed by atoms with Crippen molar-refractivity contribution in [2.45, 2.75) is 29.0 Å². The van der Waals surface area contributed by atoms with E-state index in [2.05, 4.69) is 56.1 Å². The first-order valence-corrected chi connectivity index (χ1v) is 8.68. The molecule has 2 aromatic carbocycles. The lowest BCUT2D eigenvalue weighted by Crippen LogP contribution is -2.50. The summed E-state index contributed by atoms with van der Waals surface area (Å²) >= 11 is 1.78. The van der Waals surface area contributed by atoms with Crippen molar-refractivity contribution in [2.24, 2.45) is 0 Å². The minimum Gasteiger partial charge on any atom is -0.355 e. The highest BCUT2D eigenvalue weighted by Crippen LogP contribution is 2.60. The van der Waals surface area contributed by atoms with Crippen LogP contribution in [0.5, 0.6) is 0 Å². The Morgan fingerprint density at radius 2 is 1.92 bits per heavy atom. The fourth-order valence-corrected chi connectivity index (χ4v) is 5.33. The molecule has 1 atom stereocenters. The Morgan fingerprint density at radius 3 is 2.62 bits per heavy atom. The zero-order valence-corrected chi connectivity index (χ0v) is 14.6. The zero-order chi connectivity index (χ0) is 17.1. The first-order chi connectivity index (χ1) is 11.4. The Morgan fingerprint density at radius 1 is 1.17 bits per heavy atom. The minimum absolute atomic E-state index is 0.0844. The van der Waals surface area contributed by atoms with Crippen LogP contribution in [0, 0.1) is 10.1 Å². The van der Waals surface area contributed by atoms with Gasteiger partial charge in [0.25, 0.3) is 5.69 Å². The van der Waals surface area contributed by atoms with Crippen molar-refractivity contribution in [3.63, 3.8) is 0 Å². The number of nitro benzene ring substituents is 1. The van der Waals surface area contributed by atoms with Crippen molar-refractivity contribution in [1.82, 2.24) is 0 Å². The quantitative estimate of drug-likeness (QED) is 0.551. The molecule has 4 nitrogen and oxygen atoms in total. The predicted octanol–water partition coefficient (Wildman–Crippen LogP) is 4.84. The first-order valence-electron chi connectivity index (χ1n) is 7.87. The molecule has 5 heteroatoms. The number of para-hydroxylation sites is 1. The molecule has 4 rings (SSSR count). The highest BCUT2D eigenvalue weighted by Gasteiger charge is 2.55. The third kappa shape index (κ3) is 1.82. The van der Waals surface area contributed by atoms with E-state index in [4.69, 9.17) is 0 Å². The lowest BCUT2D eigenvalue weighted by atomic mass is 9.79. The summed E-state index contributed by atoms with van der Waals surface area (Å²) in [6, 6.07) is 13.6. The Bertz CT molecular complexity index is 891. The fourth-order valence-electron chi connectivity index (χ4n) is 3.88. The third-order valence-corrected chi connectivity index (χ3v) is 7.11. The van der Waals surface area contributed by atoms with Gasteiger partial charge >= 0.3 is 0 Å². The molecule has 0 amide bonds. The Kier molecular flexibility index (Phi) is 3.09. The predicted molar refractivity (Wildman–Crippen MR) is 98.6 cm³/mol. The second kappa shape index (κ2) is 4.86. The maximum atomic E-state index is 11.0. The van der Waals surface area contributed by atoms with E-state index in [-0.39, 0.29) is 20.9 Å². The SMILES string of the molecule is CN1c2ccccc2C(C)(C)[C@]12C=Cc1cc([N+](=O)[O-])ccc1S2. The number of non-ortho nitro benzene ring substituents is 1. The summed E-state index contributed by atoms with van der Waals surface area (Å²) in [5.74, 6) is 0. The summed E-state index contributed by atoms with van der Waals surface area (Å²) in [6.45, 7) is 4.53. The molecule has 0 aromatic heterocycles. The van der Waals surface area contributed by atoms with Gasteiger partial charge in [-0.3, -0.25) is 10.1 Å². The minimum atomic E-state index is -0.343. The molecule has 122 valence electrons. The first kappa shape index (κ1) is 15.3. The van der Waals surface area contributed by atoms with Crippen molar-refractivity contribution in [2.75, 3.05) is 11.9 Å². The number of hydrogen-bond acceptors (Lipinski definition) is 4. The van der Waals surface area contributed by atoms with Crippen molar-refractivity contribution >= 4 is 29.2 Å². The number of rotatable bonds is 1. The van der Waals surface area contributed by atoms with Crippen LogP contribution in [-0.4, -0.2) is 16.8 Å². The Balaban J connectivity index is 1.84. The highest BCUT2D eigenvalue weighted by molar-refractivity contribution is 8.01. The number of thioether (sulfide) groups is 1. The number of anilines is 1. The molecule has 2 heterocycles. The standard InChI is InChI=1S/C19H18N2O2S/c1-18(2)15-6-4-5-7-16(15)20(3)19(18)11-10-13-12-14(21(22)23)8-9-17(13)24-19/h4-12H,1-3H3/t19-/m1/s1. The van der Waals surface area contributed by atoms with E-state index in [0.29, 0.717) is 0 Å². The van der Waals surface area contributed by atoms with Gasteiger partial charge in [0, 0.05) is 35.2 Å². The summed E-state index contributed by atoms with van der Waals surface area (Å²) < 4.78 is 0. The molecule has 0 bridgehead atoms. The van der Waals surface area contributed by atoms with Crippen molar-refractivity contribution in [3.05, 3.63) is 69.8 Å². The molecule has 2 aliphatic heterocycles. The van der Waals surface area contributed by atoms with Crippen LogP contribution in [0.3, 0.4) is 0 Å². The number of nitrogens with zero attached hydrogens (tertiary/aromatic N) is 2. The van der Waals surface area contributed by atoms with Gasteiger partial charge in [-0.2, -0.15) is 0 Å². The molecule has 2 aliphatic rings. The summed E-state index contributed by atoms with van der Waals surface area (Å²) in [5, 5.41) is 11.0. The smallest absolute Gasteiger partial charge is 0.270 e. The van der Waals surface area contributed by atoms with Crippen LogP contribution in [0.25, 0.3) is 6.08 Å². The summed E-state index contributed by atoms with van der Waals surface area (Å²) in [5.41, 5.74) is 3.54. The highest BCUT2D eigenvalue weighted by atomic mass is 32.2. The van der Waals surface area contributed by atoms with E-state index in [0.717, 1.165) is 10.5 Å². The molecule has 0 aliphatic carbocycles. The number of hydrogen-bond donors (Lipinski definition) is 0. The number of nitro groups is 1. The second-order valence-corrected chi connectivity index (χ2v) is 8.08. The second-order valence-electron chi connectivity index (χ2n) is 6.81. The third-order valence-electron chi connectivity index (χ3n) is 5.29. The zero-order valence-electron chi connectivity index (χ0n) is 13.8. The van der Waals surface area contributed by atoms with Gasteiger partial charge in [-0.15, -0.1) is 0 Å². The van der Waals surface area contributed by atoms with Crippen LogP contribution < -0.4 is 4.90 Å². The summed E-state index contributed by atoms with van der Waals surface area (Å²) in [7, 11) is 2.13. The molecule has 2 aromatic rings. The summed E-state index contributed by atoms with van der Waals surface area (Å²) in [4.78, 5) is 13.8. The molecule has 0 N–H and O–H groups in total. The largest absolute Gasteiger partial charge is 0.355 e. The molecule has 0 radical (unpaired) electrons. The Hall–Kier alpha value is -2.27. The van der Waals surface area contributed by atoms with Gasteiger partial charge in [0.15, 0.2) is 0 Å². The van der Waals surface area contributed by atoms with Gasteiger partial charge in [0.2, 0.25) is 0 Å². The van der Waals surface area contributed by atoms with Gasteiger partial charge in [-0.1, -0.05) is 49.9 Å². The number of benzene rings is 2. The van der Waals surface area contributed by atoms with Crippen LogP contribution >= 0.6 is 11.8 Å². The number of likely N-dealkylation sites (N-methyl/N-ethyl adjacent to an activating group) is 1. The van der Waals surface area contributed by atoms with Gasteiger partial charge < -0.3 is 4.90 Å². The van der Waals surface area contributed by atoms with Crippen molar-refractivity contribution in [1.29, 1.82) is 0 Å². The van der Waals surface area contributed by atoms with Gasteiger partial charge in [0.1, 0.15) is 4.87 Å². The number of fused-ring (bicyclic) bond motifs is 2. The topological polar surface area (TPSA) is 46.4 Å². The van der Waals surface area contributed by atoms with E-state index in [1.54, 1.807) is 23.9 Å². The average molecular weight is 338 g/mol. The Labute approximate surface area is 145 Å². The van der Waals surface area contributed by atoms with E-state index >= 15 is 0 Å². The van der Waals surface area contributed by atoms with Gasteiger partial charge in [-0.05, 0) is 29.3 Å². The average Bonchev–Trinajstić information content (AvgIpc) is 2.74. The van der Waals surface area contributed by atoms with Crippen LogP contribution in [0.2, 0.25) is 0 Å². The monoisotopic (exact) mass is 338 g/mol. The van der Waals surface area contributed by atoms with Crippen molar-refractivity contribution in [3.8, 4) is 0 Å². The van der Waals surface area contributed by atoms with E-state index in [1.807, 2.05) is 12.1 Å². The molecule has 1 spiro atoms. The molecule has 0 fully saturated rings. The van der Waals surface area contributed by atoms with Crippen LogP contribution in [0.4, 0.5) is 11.4 Å². The molecule has 0 saturated heterocycles. The molecular weight excluding hydrogens is 320 g/mol. The van der Waals surface area contributed by atoms with E-state index in [1.165, 1.54) is 11.3 Å². The van der Waals surface area contributed by atoms with Gasteiger partial charge in [-0.25, -0.2) is 0 Å². The molecule has 0 saturated carbocycles. The molecular formula is C19H18N2O2S. The van der Waals surface area contributed by atoms with Crippen LogP contribution in [0.15, 0.2) is 53.4 Å². The normalized spacial score (nSPS) is 23.2. The van der Waals surface area contributed by atoms with Crippen LogP contribution in [0.1, 0.15) is 25.0 Å². The van der Waals surface area contributed by atoms with Crippen molar-refractivity contribution < 1.29 is 4.92 Å².